The minimum Gasteiger partial charge on any atom is -0.466 e. The molecule has 1 aromatic heterocycles. The largest absolute Gasteiger partial charge is 0.466 e. The number of amides is 1. The highest BCUT2D eigenvalue weighted by Gasteiger charge is 2.19. The van der Waals surface area contributed by atoms with Crippen molar-refractivity contribution < 1.29 is 14.3 Å². The van der Waals surface area contributed by atoms with Crippen LogP contribution in [0.4, 0.5) is 5.69 Å². The third kappa shape index (κ3) is 4.08. The Hall–Kier alpha value is -3.15. The standard InChI is InChI=1S/C20H21N3O3/c1-2-12-26-19(24)10-11-23(16-6-4-3-5-7-16)20(25)15-8-9-17-18(13-15)22-14-21-17/h3-9,13-14H,2,10-12H2,1H3,(H,21,22). The van der Waals surface area contributed by atoms with Gasteiger partial charge < -0.3 is 14.6 Å². The molecule has 2 aromatic carbocycles. The van der Waals surface area contributed by atoms with Gasteiger partial charge in [0, 0.05) is 17.8 Å². The van der Waals surface area contributed by atoms with Crippen molar-refractivity contribution in [3.8, 4) is 0 Å². The van der Waals surface area contributed by atoms with Crippen LogP contribution in [-0.4, -0.2) is 35.0 Å². The number of H-pyrrole nitrogens is 1. The molecule has 0 fully saturated rings. The van der Waals surface area contributed by atoms with Gasteiger partial charge in [-0.2, -0.15) is 0 Å². The molecule has 0 saturated carbocycles. The van der Waals surface area contributed by atoms with Crippen LogP contribution in [-0.2, 0) is 9.53 Å². The Labute approximate surface area is 151 Å². The normalized spacial score (nSPS) is 10.7. The fourth-order valence-corrected chi connectivity index (χ4v) is 2.67. The van der Waals surface area contributed by atoms with Gasteiger partial charge >= 0.3 is 5.97 Å². The van der Waals surface area contributed by atoms with Gasteiger partial charge in [0.1, 0.15) is 0 Å². The van der Waals surface area contributed by atoms with Crippen molar-refractivity contribution in [1.29, 1.82) is 0 Å². The van der Waals surface area contributed by atoms with Gasteiger partial charge in [0.05, 0.1) is 30.4 Å². The number of aromatic amines is 1. The van der Waals surface area contributed by atoms with Crippen LogP contribution in [0, 0.1) is 0 Å². The molecule has 3 rings (SSSR count). The maximum absolute atomic E-state index is 13.1. The molecule has 6 heteroatoms. The molecule has 6 nitrogen and oxygen atoms in total. The smallest absolute Gasteiger partial charge is 0.307 e. The van der Waals surface area contributed by atoms with E-state index in [0.29, 0.717) is 12.2 Å². The molecule has 0 unspecified atom stereocenters. The molecule has 0 atom stereocenters. The quantitative estimate of drug-likeness (QED) is 0.661. The van der Waals surface area contributed by atoms with E-state index >= 15 is 0 Å². The number of para-hydroxylation sites is 1. The van der Waals surface area contributed by atoms with Gasteiger partial charge in [-0.1, -0.05) is 25.1 Å². The van der Waals surface area contributed by atoms with E-state index in [2.05, 4.69) is 9.97 Å². The number of anilines is 1. The van der Waals surface area contributed by atoms with Crippen LogP contribution >= 0.6 is 0 Å². The molecule has 26 heavy (non-hydrogen) atoms. The Morgan fingerprint density at radius 3 is 2.73 bits per heavy atom. The van der Waals surface area contributed by atoms with Crippen molar-refractivity contribution in [2.24, 2.45) is 0 Å². The third-order valence-electron chi connectivity index (χ3n) is 3.99. The van der Waals surface area contributed by atoms with Gasteiger partial charge in [0.25, 0.3) is 5.91 Å². The number of carbonyl (C=O) groups is 2. The summed E-state index contributed by atoms with van der Waals surface area (Å²) in [6.07, 6.45) is 2.52. The van der Waals surface area contributed by atoms with Crippen molar-refractivity contribution in [3.05, 3.63) is 60.4 Å². The third-order valence-corrected chi connectivity index (χ3v) is 3.99. The van der Waals surface area contributed by atoms with Crippen LogP contribution in [0.5, 0.6) is 0 Å². The summed E-state index contributed by atoms with van der Waals surface area (Å²) in [6, 6.07) is 14.6. The second-order valence-electron chi connectivity index (χ2n) is 5.90. The zero-order valence-electron chi connectivity index (χ0n) is 14.6. The number of nitrogens with zero attached hydrogens (tertiary/aromatic N) is 2. The SMILES string of the molecule is CCCOC(=O)CCN(C(=O)c1ccc2nc[nH]c2c1)c1ccccc1. The lowest BCUT2D eigenvalue weighted by Crippen LogP contribution is -2.33. The van der Waals surface area contributed by atoms with Crippen LogP contribution < -0.4 is 4.90 Å². The highest BCUT2D eigenvalue weighted by molar-refractivity contribution is 6.07. The summed E-state index contributed by atoms with van der Waals surface area (Å²) in [6.45, 7) is 2.60. The first-order chi connectivity index (χ1) is 12.7. The fraction of sp³-hybridized carbons (Fsp3) is 0.250. The highest BCUT2D eigenvalue weighted by atomic mass is 16.5. The Morgan fingerprint density at radius 2 is 1.96 bits per heavy atom. The lowest BCUT2D eigenvalue weighted by atomic mass is 10.1. The monoisotopic (exact) mass is 351 g/mol. The number of aromatic nitrogens is 2. The van der Waals surface area contributed by atoms with Gasteiger partial charge in [-0.05, 0) is 36.8 Å². The van der Waals surface area contributed by atoms with E-state index in [0.717, 1.165) is 23.1 Å². The Morgan fingerprint density at radius 1 is 1.15 bits per heavy atom. The van der Waals surface area contributed by atoms with Crippen molar-refractivity contribution in [2.45, 2.75) is 19.8 Å². The average Bonchev–Trinajstić information content (AvgIpc) is 3.15. The van der Waals surface area contributed by atoms with Gasteiger partial charge in [0.2, 0.25) is 0 Å². The first-order valence-electron chi connectivity index (χ1n) is 8.64. The molecule has 0 aliphatic carbocycles. The molecule has 0 aliphatic rings. The summed E-state index contributed by atoms with van der Waals surface area (Å²) in [5.41, 5.74) is 2.88. The van der Waals surface area contributed by atoms with Crippen molar-refractivity contribution >= 4 is 28.6 Å². The summed E-state index contributed by atoms with van der Waals surface area (Å²) < 4.78 is 5.12. The number of hydrogen-bond donors (Lipinski definition) is 1. The number of hydrogen-bond acceptors (Lipinski definition) is 4. The number of esters is 1. The number of rotatable bonds is 7. The lowest BCUT2D eigenvalue weighted by Gasteiger charge is -2.22. The van der Waals surface area contributed by atoms with Gasteiger partial charge in [-0.25, -0.2) is 4.98 Å². The number of nitrogens with one attached hydrogen (secondary N) is 1. The van der Waals surface area contributed by atoms with Gasteiger partial charge in [0.15, 0.2) is 0 Å². The maximum Gasteiger partial charge on any atom is 0.307 e. The van der Waals surface area contributed by atoms with Crippen molar-refractivity contribution in [1.82, 2.24) is 9.97 Å². The number of ether oxygens (including phenoxy) is 1. The summed E-state index contributed by atoms with van der Waals surface area (Å²) in [5.74, 6) is -0.472. The van der Waals surface area contributed by atoms with E-state index in [4.69, 9.17) is 4.74 Å². The van der Waals surface area contributed by atoms with E-state index in [1.165, 1.54) is 0 Å². The van der Waals surface area contributed by atoms with Crippen LogP contribution in [0.2, 0.25) is 0 Å². The minimum absolute atomic E-state index is 0.146. The molecule has 134 valence electrons. The molecule has 0 spiro atoms. The number of fused-ring (bicyclic) bond motifs is 1. The molecule has 1 heterocycles. The van der Waals surface area contributed by atoms with E-state index in [1.54, 1.807) is 29.4 Å². The van der Waals surface area contributed by atoms with E-state index in [1.807, 2.05) is 37.3 Å². The van der Waals surface area contributed by atoms with Crippen LogP contribution in [0.25, 0.3) is 11.0 Å². The molecule has 0 saturated heterocycles. The molecule has 1 amide bonds. The molecule has 0 radical (unpaired) electrons. The molecular weight excluding hydrogens is 330 g/mol. The Balaban J connectivity index is 1.82. The molecule has 0 aliphatic heterocycles. The Bertz CT molecular complexity index is 889. The predicted octanol–water partition coefficient (Wildman–Crippen LogP) is 3.55. The number of imidazole rings is 1. The van der Waals surface area contributed by atoms with Gasteiger partial charge in [-0.3, -0.25) is 9.59 Å². The Kier molecular flexibility index (Phi) is 5.63. The average molecular weight is 351 g/mol. The van der Waals surface area contributed by atoms with Crippen LogP contribution in [0.1, 0.15) is 30.1 Å². The fourth-order valence-electron chi connectivity index (χ4n) is 2.67. The van der Waals surface area contributed by atoms with E-state index in [-0.39, 0.29) is 24.8 Å². The zero-order chi connectivity index (χ0) is 18.4. The van der Waals surface area contributed by atoms with Crippen molar-refractivity contribution in [2.75, 3.05) is 18.1 Å². The second kappa shape index (κ2) is 8.29. The van der Waals surface area contributed by atoms with Crippen LogP contribution in [0.15, 0.2) is 54.9 Å². The summed E-state index contributed by atoms with van der Waals surface area (Å²) in [5, 5.41) is 0. The molecule has 1 N–H and O–H groups in total. The minimum atomic E-state index is -0.301. The maximum atomic E-state index is 13.1. The lowest BCUT2D eigenvalue weighted by molar-refractivity contribution is -0.143. The number of benzene rings is 2. The summed E-state index contributed by atoms with van der Waals surface area (Å²) >= 11 is 0. The zero-order valence-corrected chi connectivity index (χ0v) is 14.6. The first kappa shape index (κ1) is 17.7. The van der Waals surface area contributed by atoms with E-state index < -0.39 is 0 Å². The van der Waals surface area contributed by atoms with Crippen molar-refractivity contribution in [3.63, 3.8) is 0 Å². The number of carbonyl (C=O) groups excluding carboxylic acids is 2. The molecular formula is C20H21N3O3. The summed E-state index contributed by atoms with van der Waals surface area (Å²) in [4.78, 5) is 33.7. The van der Waals surface area contributed by atoms with E-state index in [9.17, 15) is 9.59 Å². The second-order valence-corrected chi connectivity index (χ2v) is 5.90. The summed E-state index contributed by atoms with van der Waals surface area (Å²) in [7, 11) is 0. The topological polar surface area (TPSA) is 75.3 Å². The molecule has 0 bridgehead atoms. The van der Waals surface area contributed by atoms with Crippen LogP contribution in [0.3, 0.4) is 0 Å². The highest BCUT2D eigenvalue weighted by Crippen LogP contribution is 2.19. The first-order valence-corrected chi connectivity index (χ1v) is 8.64. The van der Waals surface area contributed by atoms with Gasteiger partial charge in [-0.15, -0.1) is 0 Å². The molecule has 3 aromatic rings. The predicted molar refractivity (Wildman–Crippen MR) is 100 cm³/mol.